The van der Waals surface area contributed by atoms with Gasteiger partial charge in [0.25, 0.3) is 0 Å². The molecule has 1 amide bonds. The average Bonchev–Trinajstić information content (AvgIpc) is 2.50. The standard InChI is InChI=1S/C17H25ClN2O2/c1-11-5-7-20(8-6-11)13(3)17(21)19-15-9-12(2)14(18)10-16(15)22-4/h9-11,13H,5-8H2,1-4H3,(H,19,21)/t13-/m1/s1. The van der Waals surface area contributed by atoms with E-state index < -0.39 is 0 Å². The van der Waals surface area contributed by atoms with E-state index in [2.05, 4.69) is 17.1 Å². The lowest BCUT2D eigenvalue weighted by Gasteiger charge is -2.34. The molecular weight excluding hydrogens is 300 g/mol. The van der Waals surface area contributed by atoms with E-state index in [0.717, 1.165) is 37.4 Å². The zero-order valence-corrected chi connectivity index (χ0v) is 14.5. The zero-order chi connectivity index (χ0) is 16.3. The first-order valence-corrected chi connectivity index (χ1v) is 8.19. The molecule has 0 aromatic heterocycles. The fraction of sp³-hybridized carbons (Fsp3) is 0.588. The smallest absolute Gasteiger partial charge is 0.241 e. The first kappa shape index (κ1) is 17.1. The molecule has 0 saturated carbocycles. The van der Waals surface area contributed by atoms with Gasteiger partial charge in [-0.15, -0.1) is 0 Å². The molecule has 2 rings (SSSR count). The number of likely N-dealkylation sites (tertiary alicyclic amines) is 1. The molecular formula is C17H25ClN2O2. The molecule has 1 aliphatic heterocycles. The quantitative estimate of drug-likeness (QED) is 0.917. The number of nitrogens with zero attached hydrogens (tertiary/aromatic N) is 1. The van der Waals surface area contributed by atoms with Crippen LogP contribution in [-0.2, 0) is 4.79 Å². The predicted octanol–water partition coefficient (Wildman–Crippen LogP) is 3.72. The Morgan fingerprint density at radius 3 is 2.64 bits per heavy atom. The van der Waals surface area contributed by atoms with Crippen molar-refractivity contribution >= 4 is 23.2 Å². The van der Waals surface area contributed by atoms with Crippen LogP contribution >= 0.6 is 11.6 Å². The van der Waals surface area contributed by atoms with E-state index in [1.54, 1.807) is 13.2 Å². The third kappa shape index (κ3) is 3.93. The van der Waals surface area contributed by atoms with Crippen molar-refractivity contribution in [1.29, 1.82) is 0 Å². The maximum absolute atomic E-state index is 12.5. The van der Waals surface area contributed by atoms with Gasteiger partial charge >= 0.3 is 0 Å². The molecule has 0 spiro atoms. The fourth-order valence-electron chi connectivity index (χ4n) is 2.75. The van der Waals surface area contributed by atoms with Crippen LogP contribution in [0.4, 0.5) is 5.69 Å². The number of piperidine rings is 1. The molecule has 1 fully saturated rings. The number of nitrogens with one attached hydrogen (secondary N) is 1. The van der Waals surface area contributed by atoms with Crippen molar-refractivity contribution in [3.05, 3.63) is 22.7 Å². The van der Waals surface area contributed by atoms with Crippen molar-refractivity contribution in [2.75, 3.05) is 25.5 Å². The second kappa shape index (κ2) is 7.34. The average molecular weight is 325 g/mol. The number of amides is 1. The van der Waals surface area contributed by atoms with Crippen LogP contribution in [0.2, 0.25) is 5.02 Å². The lowest BCUT2D eigenvalue weighted by Crippen LogP contribution is -2.45. The van der Waals surface area contributed by atoms with E-state index in [4.69, 9.17) is 16.3 Å². The van der Waals surface area contributed by atoms with E-state index in [1.807, 2.05) is 19.9 Å². The maximum Gasteiger partial charge on any atom is 0.241 e. The van der Waals surface area contributed by atoms with Gasteiger partial charge in [0.2, 0.25) is 5.91 Å². The molecule has 0 aliphatic carbocycles. The van der Waals surface area contributed by atoms with Crippen LogP contribution in [-0.4, -0.2) is 37.0 Å². The molecule has 122 valence electrons. The van der Waals surface area contributed by atoms with Crippen molar-refractivity contribution < 1.29 is 9.53 Å². The van der Waals surface area contributed by atoms with E-state index >= 15 is 0 Å². The molecule has 1 aromatic carbocycles. The van der Waals surface area contributed by atoms with Crippen LogP contribution in [0.5, 0.6) is 5.75 Å². The highest BCUT2D eigenvalue weighted by atomic mass is 35.5. The topological polar surface area (TPSA) is 41.6 Å². The summed E-state index contributed by atoms with van der Waals surface area (Å²) in [7, 11) is 1.58. The molecule has 0 unspecified atom stereocenters. The number of hydrogen-bond donors (Lipinski definition) is 1. The summed E-state index contributed by atoms with van der Waals surface area (Å²) >= 11 is 6.10. The number of halogens is 1. The van der Waals surface area contributed by atoms with Crippen LogP contribution in [0, 0.1) is 12.8 Å². The van der Waals surface area contributed by atoms with Crippen molar-refractivity contribution in [3.8, 4) is 5.75 Å². The van der Waals surface area contributed by atoms with E-state index in [-0.39, 0.29) is 11.9 Å². The summed E-state index contributed by atoms with van der Waals surface area (Å²) in [5.74, 6) is 1.34. The number of ether oxygens (including phenoxy) is 1. The van der Waals surface area contributed by atoms with E-state index in [0.29, 0.717) is 16.5 Å². The van der Waals surface area contributed by atoms with Gasteiger partial charge in [0.05, 0.1) is 18.8 Å². The van der Waals surface area contributed by atoms with Crippen LogP contribution in [0.1, 0.15) is 32.3 Å². The molecule has 1 aliphatic rings. The molecule has 5 heteroatoms. The second-order valence-corrected chi connectivity index (χ2v) is 6.59. The number of aryl methyl sites for hydroxylation is 1. The van der Waals surface area contributed by atoms with Gasteiger partial charge in [-0.2, -0.15) is 0 Å². The van der Waals surface area contributed by atoms with Crippen molar-refractivity contribution in [2.45, 2.75) is 39.7 Å². The largest absolute Gasteiger partial charge is 0.495 e. The number of hydrogen-bond acceptors (Lipinski definition) is 3. The Morgan fingerprint density at radius 1 is 1.41 bits per heavy atom. The molecule has 1 heterocycles. The van der Waals surface area contributed by atoms with Gasteiger partial charge in [0.1, 0.15) is 5.75 Å². The summed E-state index contributed by atoms with van der Waals surface area (Å²) in [4.78, 5) is 14.8. The van der Waals surface area contributed by atoms with Gasteiger partial charge in [-0.3, -0.25) is 9.69 Å². The lowest BCUT2D eigenvalue weighted by atomic mass is 9.98. The molecule has 22 heavy (non-hydrogen) atoms. The number of carbonyl (C=O) groups is 1. The molecule has 0 radical (unpaired) electrons. The van der Waals surface area contributed by atoms with Gasteiger partial charge in [-0.1, -0.05) is 18.5 Å². The van der Waals surface area contributed by atoms with Crippen molar-refractivity contribution in [3.63, 3.8) is 0 Å². The molecule has 1 aromatic rings. The Morgan fingerprint density at radius 2 is 2.05 bits per heavy atom. The van der Waals surface area contributed by atoms with Crippen LogP contribution < -0.4 is 10.1 Å². The summed E-state index contributed by atoms with van der Waals surface area (Å²) in [5, 5.41) is 3.61. The minimum Gasteiger partial charge on any atom is -0.495 e. The third-order valence-corrected chi connectivity index (χ3v) is 4.89. The maximum atomic E-state index is 12.5. The van der Waals surface area contributed by atoms with E-state index in [1.165, 1.54) is 0 Å². The summed E-state index contributed by atoms with van der Waals surface area (Å²) in [6.45, 7) is 8.09. The van der Waals surface area contributed by atoms with Gasteiger partial charge in [0.15, 0.2) is 0 Å². The fourth-order valence-corrected chi connectivity index (χ4v) is 2.90. The number of anilines is 1. The number of carbonyl (C=O) groups excluding carboxylic acids is 1. The zero-order valence-electron chi connectivity index (χ0n) is 13.8. The van der Waals surface area contributed by atoms with E-state index in [9.17, 15) is 4.79 Å². The molecule has 0 bridgehead atoms. The summed E-state index contributed by atoms with van der Waals surface area (Å²) in [6.07, 6.45) is 2.31. The summed E-state index contributed by atoms with van der Waals surface area (Å²) in [5.41, 5.74) is 1.59. The van der Waals surface area contributed by atoms with Crippen molar-refractivity contribution in [1.82, 2.24) is 4.90 Å². The third-order valence-electron chi connectivity index (χ3n) is 4.48. The highest BCUT2D eigenvalue weighted by Crippen LogP contribution is 2.31. The monoisotopic (exact) mass is 324 g/mol. The summed E-state index contributed by atoms with van der Waals surface area (Å²) < 4.78 is 5.31. The summed E-state index contributed by atoms with van der Waals surface area (Å²) in [6, 6.07) is 3.44. The van der Waals surface area contributed by atoms with Crippen LogP contribution in [0.15, 0.2) is 12.1 Å². The Labute approximate surface area is 137 Å². The Kier molecular flexibility index (Phi) is 5.70. The Balaban J connectivity index is 2.06. The van der Waals surface area contributed by atoms with Gasteiger partial charge in [-0.25, -0.2) is 0 Å². The second-order valence-electron chi connectivity index (χ2n) is 6.19. The molecule has 4 nitrogen and oxygen atoms in total. The van der Waals surface area contributed by atoms with Crippen LogP contribution in [0.25, 0.3) is 0 Å². The van der Waals surface area contributed by atoms with Gasteiger partial charge in [-0.05, 0) is 57.3 Å². The number of methoxy groups -OCH3 is 1. The number of rotatable bonds is 4. The molecule has 1 N–H and O–H groups in total. The lowest BCUT2D eigenvalue weighted by molar-refractivity contribution is -0.121. The first-order chi connectivity index (χ1) is 10.4. The number of benzene rings is 1. The Bertz CT molecular complexity index is 540. The highest BCUT2D eigenvalue weighted by Gasteiger charge is 2.25. The van der Waals surface area contributed by atoms with Gasteiger partial charge in [0, 0.05) is 11.1 Å². The predicted molar refractivity (Wildman–Crippen MR) is 90.8 cm³/mol. The van der Waals surface area contributed by atoms with Crippen molar-refractivity contribution in [2.24, 2.45) is 5.92 Å². The van der Waals surface area contributed by atoms with Gasteiger partial charge < -0.3 is 10.1 Å². The molecule has 1 atom stereocenters. The SMILES string of the molecule is COc1cc(Cl)c(C)cc1NC(=O)[C@@H](C)N1CCC(C)CC1. The minimum atomic E-state index is -0.145. The highest BCUT2D eigenvalue weighted by molar-refractivity contribution is 6.31. The normalized spacial score (nSPS) is 18.0. The minimum absolute atomic E-state index is 0.00502. The van der Waals surface area contributed by atoms with Crippen LogP contribution in [0.3, 0.4) is 0 Å². The molecule has 1 saturated heterocycles. The first-order valence-electron chi connectivity index (χ1n) is 7.81. The Hall–Kier alpha value is -1.26.